The van der Waals surface area contributed by atoms with Crippen LogP contribution in [0.3, 0.4) is 0 Å². The average molecular weight is 415 g/mol. The van der Waals surface area contributed by atoms with Crippen molar-refractivity contribution in [2.75, 3.05) is 22.4 Å². The first-order chi connectivity index (χ1) is 12.2. The molecule has 0 unspecified atom stereocenters. The van der Waals surface area contributed by atoms with E-state index in [4.69, 9.17) is 23.2 Å². The molecule has 0 atom stereocenters. The van der Waals surface area contributed by atoms with Crippen LogP contribution in [0.1, 0.15) is 18.4 Å². The van der Waals surface area contributed by atoms with E-state index < -0.39 is 10.0 Å². The van der Waals surface area contributed by atoms with E-state index in [1.165, 1.54) is 10.4 Å². The van der Waals surface area contributed by atoms with Gasteiger partial charge in [0.15, 0.2) is 0 Å². The van der Waals surface area contributed by atoms with E-state index in [2.05, 4.69) is 5.32 Å². The summed E-state index contributed by atoms with van der Waals surface area (Å²) in [5.74, 6) is -0.176. The molecule has 0 aliphatic carbocycles. The second kappa shape index (κ2) is 8.75. The number of halogens is 2. The molecule has 0 aliphatic rings. The van der Waals surface area contributed by atoms with Crippen molar-refractivity contribution in [3.05, 3.63) is 58.1 Å². The van der Waals surface area contributed by atoms with E-state index in [0.717, 1.165) is 17.5 Å². The van der Waals surface area contributed by atoms with Crippen molar-refractivity contribution in [3.8, 4) is 0 Å². The molecule has 140 valence electrons. The molecule has 0 heterocycles. The topological polar surface area (TPSA) is 66.5 Å². The molecule has 0 fully saturated rings. The van der Waals surface area contributed by atoms with E-state index in [1.807, 2.05) is 31.2 Å². The lowest BCUT2D eigenvalue weighted by Gasteiger charge is -2.23. The number of benzene rings is 2. The molecule has 2 rings (SSSR count). The number of hydrogen-bond donors (Lipinski definition) is 1. The van der Waals surface area contributed by atoms with Gasteiger partial charge in [-0.05, 0) is 43.2 Å². The van der Waals surface area contributed by atoms with E-state index in [1.54, 1.807) is 12.1 Å². The first-order valence-corrected chi connectivity index (χ1v) is 10.6. The van der Waals surface area contributed by atoms with E-state index in [0.29, 0.717) is 17.1 Å². The Hall–Kier alpha value is -1.76. The Balaban J connectivity index is 2.03. The Morgan fingerprint density at radius 1 is 1.15 bits per heavy atom. The van der Waals surface area contributed by atoms with Crippen LogP contribution in [-0.4, -0.2) is 27.1 Å². The number of hydrogen-bond acceptors (Lipinski definition) is 3. The third-order valence-corrected chi connectivity index (χ3v) is 5.50. The van der Waals surface area contributed by atoms with Crippen LogP contribution in [0.2, 0.25) is 10.0 Å². The third-order valence-electron chi connectivity index (χ3n) is 3.76. The average Bonchev–Trinajstić information content (AvgIpc) is 2.55. The predicted molar refractivity (Wildman–Crippen MR) is 108 cm³/mol. The van der Waals surface area contributed by atoms with Crippen molar-refractivity contribution < 1.29 is 13.2 Å². The summed E-state index contributed by atoms with van der Waals surface area (Å²) in [6, 6.07) is 12.1. The maximum Gasteiger partial charge on any atom is 0.232 e. The fourth-order valence-corrected chi connectivity index (χ4v) is 3.86. The quantitative estimate of drug-likeness (QED) is 0.725. The Bertz CT molecular complexity index is 901. The normalized spacial score (nSPS) is 11.2. The molecular formula is C18H20Cl2N2O3S. The number of nitrogens with one attached hydrogen (secondary N) is 1. The number of sulfonamides is 1. The molecule has 8 heteroatoms. The molecule has 0 bridgehead atoms. The van der Waals surface area contributed by atoms with Crippen LogP contribution in [0.4, 0.5) is 11.4 Å². The number of carbonyl (C=O) groups is 1. The van der Waals surface area contributed by atoms with Crippen LogP contribution in [0, 0.1) is 6.92 Å². The lowest BCUT2D eigenvalue weighted by Crippen LogP contribution is -2.31. The Kier molecular flexibility index (Phi) is 6.92. The zero-order valence-corrected chi connectivity index (χ0v) is 16.8. The number of nitrogens with zero attached hydrogens (tertiary/aromatic N) is 1. The summed E-state index contributed by atoms with van der Waals surface area (Å²) in [7, 11) is -3.56. The van der Waals surface area contributed by atoms with Gasteiger partial charge >= 0.3 is 0 Å². The number of amides is 1. The van der Waals surface area contributed by atoms with Gasteiger partial charge in [0.1, 0.15) is 0 Å². The zero-order valence-electron chi connectivity index (χ0n) is 14.5. The van der Waals surface area contributed by atoms with Crippen LogP contribution < -0.4 is 9.62 Å². The van der Waals surface area contributed by atoms with Gasteiger partial charge in [-0.3, -0.25) is 9.10 Å². The van der Waals surface area contributed by atoms with Crippen LogP contribution in [0.5, 0.6) is 0 Å². The van der Waals surface area contributed by atoms with Gasteiger partial charge < -0.3 is 5.32 Å². The second-order valence-electron chi connectivity index (χ2n) is 5.90. The predicted octanol–water partition coefficient (Wildman–Crippen LogP) is 4.49. The van der Waals surface area contributed by atoms with Gasteiger partial charge in [0.2, 0.25) is 15.9 Å². The van der Waals surface area contributed by atoms with Gasteiger partial charge in [-0.2, -0.15) is 0 Å². The molecule has 0 radical (unpaired) electrons. The van der Waals surface area contributed by atoms with Gasteiger partial charge in [0.25, 0.3) is 0 Å². The SMILES string of the molecule is Cc1ccccc1NC(=O)CCCN(c1cc(Cl)ccc1Cl)S(C)(=O)=O. The first kappa shape index (κ1) is 20.6. The molecule has 2 aromatic rings. The summed E-state index contributed by atoms with van der Waals surface area (Å²) in [4.78, 5) is 12.1. The van der Waals surface area contributed by atoms with Gasteiger partial charge in [-0.25, -0.2) is 8.42 Å². The maximum absolute atomic E-state index is 12.1. The highest BCUT2D eigenvalue weighted by atomic mass is 35.5. The van der Waals surface area contributed by atoms with Crippen LogP contribution >= 0.6 is 23.2 Å². The van der Waals surface area contributed by atoms with Crippen LogP contribution in [-0.2, 0) is 14.8 Å². The summed E-state index contributed by atoms with van der Waals surface area (Å²) in [6.45, 7) is 2.03. The molecule has 0 saturated heterocycles. The molecule has 5 nitrogen and oxygen atoms in total. The monoisotopic (exact) mass is 414 g/mol. The van der Waals surface area contributed by atoms with Crippen LogP contribution in [0.25, 0.3) is 0 Å². The molecule has 0 spiro atoms. The van der Waals surface area contributed by atoms with Gasteiger partial charge in [-0.1, -0.05) is 41.4 Å². The Morgan fingerprint density at radius 2 is 1.85 bits per heavy atom. The lowest BCUT2D eigenvalue weighted by atomic mass is 10.2. The summed E-state index contributed by atoms with van der Waals surface area (Å²) in [5.41, 5.74) is 2.01. The van der Waals surface area contributed by atoms with Crippen molar-refractivity contribution in [3.63, 3.8) is 0 Å². The molecule has 1 amide bonds. The number of aryl methyl sites for hydroxylation is 1. The number of para-hydroxylation sites is 1. The molecule has 2 aromatic carbocycles. The molecule has 1 N–H and O–H groups in total. The minimum Gasteiger partial charge on any atom is -0.326 e. The Morgan fingerprint density at radius 3 is 2.50 bits per heavy atom. The molecule has 0 aliphatic heterocycles. The van der Waals surface area contributed by atoms with Crippen molar-refractivity contribution in [2.24, 2.45) is 0 Å². The number of rotatable bonds is 7. The van der Waals surface area contributed by atoms with Gasteiger partial charge in [-0.15, -0.1) is 0 Å². The highest BCUT2D eigenvalue weighted by Gasteiger charge is 2.20. The van der Waals surface area contributed by atoms with E-state index in [9.17, 15) is 13.2 Å². The largest absolute Gasteiger partial charge is 0.326 e. The molecular weight excluding hydrogens is 395 g/mol. The minimum atomic E-state index is -3.56. The number of carbonyl (C=O) groups excluding carboxylic acids is 1. The van der Waals surface area contributed by atoms with Gasteiger partial charge in [0, 0.05) is 23.7 Å². The standard InChI is InChI=1S/C18H20Cl2N2O3S/c1-13-6-3-4-7-16(13)21-18(23)8-5-11-22(26(2,24)25)17-12-14(19)9-10-15(17)20/h3-4,6-7,9-10,12H,5,8,11H2,1-2H3,(H,21,23). The highest BCUT2D eigenvalue weighted by molar-refractivity contribution is 7.92. The summed E-state index contributed by atoms with van der Waals surface area (Å²) in [6.07, 6.45) is 1.61. The smallest absolute Gasteiger partial charge is 0.232 e. The van der Waals surface area contributed by atoms with E-state index >= 15 is 0 Å². The third kappa shape index (κ3) is 5.62. The number of anilines is 2. The highest BCUT2D eigenvalue weighted by Crippen LogP contribution is 2.30. The minimum absolute atomic E-state index is 0.125. The fourth-order valence-electron chi connectivity index (χ4n) is 2.45. The second-order valence-corrected chi connectivity index (χ2v) is 8.65. The first-order valence-electron chi connectivity index (χ1n) is 7.97. The molecule has 0 saturated carbocycles. The zero-order chi connectivity index (χ0) is 19.3. The van der Waals surface area contributed by atoms with Crippen molar-refractivity contribution in [2.45, 2.75) is 19.8 Å². The lowest BCUT2D eigenvalue weighted by molar-refractivity contribution is -0.116. The van der Waals surface area contributed by atoms with Crippen molar-refractivity contribution in [1.29, 1.82) is 0 Å². The van der Waals surface area contributed by atoms with Crippen molar-refractivity contribution in [1.82, 2.24) is 0 Å². The van der Waals surface area contributed by atoms with Gasteiger partial charge in [0.05, 0.1) is 17.0 Å². The Labute approximate surface area is 164 Å². The molecule has 0 aromatic heterocycles. The van der Waals surface area contributed by atoms with Crippen molar-refractivity contribution >= 4 is 50.5 Å². The summed E-state index contributed by atoms with van der Waals surface area (Å²) in [5, 5.41) is 3.50. The fraction of sp³-hybridized carbons (Fsp3) is 0.278. The summed E-state index contributed by atoms with van der Waals surface area (Å²) >= 11 is 12.1. The van der Waals surface area contributed by atoms with E-state index in [-0.39, 0.29) is 23.9 Å². The maximum atomic E-state index is 12.1. The summed E-state index contributed by atoms with van der Waals surface area (Å²) < 4.78 is 25.4. The van der Waals surface area contributed by atoms with Crippen LogP contribution in [0.15, 0.2) is 42.5 Å². The molecule has 26 heavy (non-hydrogen) atoms.